The number of amides is 5. The molecule has 1 unspecified atom stereocenters. The van der Waals surface area contributed by atoms with Gasteiger partial charge in [0.25, 0.3) is 0 Å². The highest BCUT2D eigenvalue weighted by Gasteiger charge is 2.57. The smallest absolute Gasteiger partial charge is 0.237 e. The Morgan fingerprint density at radius 3 is 1.08 bits per heavy atom. The van der Waals surface area contributed by atoms with Crippen LogP contribution in [0.2, 0.25) is 0 Å². The van der Waals surface area contributed by atoms with Crippen molar-refractivity contribution in [2.45, 2.75) is 217 Å². The normalized spacial score (nSPS) is 30.9. The highest BCUT2D eigenvalue weighted by Crippen LogP contribution is 2.36. The van der Waals surface area contributed by atoms with Gasteiger partial charge in [-0.05, 0) is 70.6 Å². The number of nitrogens with one attached hydrogen (secondary N) is 5. The van der Waals surface area contributed by atoms with E-state index in [9.17, 15) is 64.8 Å². The molecule has 0 radical (unpaired) electrons. The van der Waals surface area contributed by atoms with Gasteiger partial charge in [0.2, 0.25) is 29.5 Å². The first-order valence-electron chi connectivity index (χ1n) is 31.6. The Morgan fingerprint density at radius 2 is 0.701 bits per heavy atom. The summed E-state index contributed by atoms with van der Waals surface area (Å²) in [6.45, 7) is -2.11. The van der Waals surface area contributed by atoms with E-state index in [1.54, 1.807) is 0 Å². The van der Waals surface area contributed by atoms with Gasteiger partial charge in [-0.2, -0.15) is 0 Å². The Bertz CT molecular complexity index is 2620. The predicted molar refractivity (Wildman–Crippen MR) is 346 cm³/mol. The lowest BCUT2D eigenvalue weighted by Gasteiger charge is -2.49. The maximum atomic E-state index is 14.3. The lowest BCUT2D eigenvalue weighted by atomic mass is 9.82. The fourth-order valence-electron chi connectivity index (χ4n) is 10.8. The van der Waals surface area contributed by atoms with Gasteiger partial charge >= 0.3 is 0 Å². The van der Waals surface area contributed by atoms with Gasteiger partial charge in [-0.1, -0.05) is 0 Å². The molecule has 44 nitrogen and oxygen atoms in total. The third-order valence-electron chi connectivity index (χ3n) is 16.2. The number of nitrogens with two attached hydrogens (primary N) is 15. The number of nitrogens with zero attached hydrogens (tertiary/aromatic N) is 5. The summed E-state index contributed by atoms with van der Waals surface area (Å²) >= 11 is 0. The molecule has 4 aliphatic rings. The van der Waals surface area contributed by atoms with Crippen molar-refractivity contribution in [3.63, 3.8) is 0 Å². The molecule has 44 heteroatoms. The number of aliphatic hydroxyl groups excluding tert-OH is 8. The topological polar surface area (TPSA) is 815 Å². The van der Waals surface area contributed by atoms with E-state index in [1.165, 1.54) is 0 Å². The van der Waals surface area contributed by atoms with E-state index in [0.717, 1.165) is 0 Å². The van der Waals surface area contributed by atoms with Gasteiger partial charge in [0.05, 0.1) is 55.5 Å². The number of rotatable bonds is 39. The molecule has 0 aromatic carbocycles. The number of carbonyl (C=O) groups is 5. The van der Waals surface area contributed by atoms with E-state index in [-0.39, 0.29) is 127 Å². The molecule has 0 bridgehead atoms. The Balaban J connectivity index is 1.84. The van der Waals surface area contributed by atoms with Crippen molar-refractivity contribution in [3.8, 4) is 0 Å². The molecule has 0 aromatic heterocycles. The van der Waals surface area contributed by atoms with Crippen molar-refractivity contribution in [2.24, 2.45) is 111 Å². The summed E-state index contributed by atoms with van der Waals surface area (Å²) < 4.78 is 37.6. The zero-order chi connectivity index (χ0) is 72.4. The predicted octanol–water partition coefficient (Wildman–Crippen LogP) is -16.2. The van der Waals surface area contributed by atoms with Gasteiger partial charge in [-0.25, -0.2) is 0 Å². The second-order valence-corrected chi connectivity index (χ2v) is 23.8. The van der Waals surface area contributed by atoms with Gasteiger partial charge in [0.15, 0.2) is 48.7 Å². The summed E-state index contributed by atoms with van der Waals surface area (Å²) in [6, 6.07) is -13.0. The number of hydrogen-bond acceptors (Lipinski definition) is 29. The fourth-order valence-corrected chi connectivity index (χ4v) is 10.8. The zero-order valence-electron chi connectivity index (χ0n) is 53.8. The van der Waals surface area contributed by atoms with Crippen LogP contribution in [0.3, 0.4) is 0 Å². The van der Waals surface area contributed by atoms with Crippen molar-refractivity contribution in [2.75, 3.05) is 52.5 Å². The number of aliphatic hydroxyl groups is 8. The minimum Gasteiger partial charge on any atom is -0.394 e. The van der Waals surface area contributed by atoms with Crippen LogP contribution in [0, 0.1) is 0 Å². The van der Waals surface area contributed by atoms with E-state index >= 15 is 0 Å². The number of hydrogen-bond donors (Lipinski definition) is 28. The molecule has 4 rings (SSSR count). The van der Waals surface area contributed by atoms with Crippen LogP contribution in [0.4, 0.5) is 0 Å². The van der Waals surface area contributed by atoms with E-state index in [1.807, 2.05) is 0 Å². The van der Waals surface area contributed by atoms with E-state index in [4.69, 9.17) is 114 Å². The van der Waals surface area contributed by atoms with Crippen LogP contribution in [-0.2, 0) is 52.4 Å². The van der Waals surface area contributed by atoms with Crippen molar-refractivity contribution < 1.29 is 93.2 Å². The molecule has 0 spiro atoms. The minimum absolute atomic E-state index is 0.00463. The summed E-state index contributed by atoms with van der Waals surface area (Å²) in [5, 5.41) is 106. The van der Waals surface area contributed by atoms with E-state index in [2.05, 4.69) is 51.5 Å². The molecule has 5 amide bonds. The molecule has 3 aliphatic heterocycles. The Labute approximate surface area is 558 Å². The Morgan fingerprint density at radius 1 is 0.381 bits per heavy atom. The molecule has 43 N–H and O–H groups in total. The van der Waals surface area contributed by atoms with Gasteiger partial charge in [-0.15, -0.1) is 0 Å². The summed E-state index contributed by atoms with van der Waals surface area (Å²) in [5.74, 6) is -5.40. The maximum Gasteiger partial charge on any atom is 0.237 e. The molecule has 24 atom stereocenters. The third kappa shape index (κ3) is 26.0. The van der Waals surface area contributed by atoms with Gasteiger partial charge in [0, 0.05) is 39.3 Å². The summed E-state index contributed by atoms with van der Waals surface area (Å²) in [4.78, 5) is 88.5. The number of ether oxygens (including phenoxy) is 6. The Kier molecular flexibility index (Phi) is 34.6. The molecule has 1 aliphatic carbocycles. The first-order valence-corrected chi connectivity index (χ1v) is 31.6. The maximum absolute atomic E-state index is 14.3. The quantitative estimate of drug-likeness (QED) is 0.0154. The first kappa shape index (κ1) is 82.4. The van der Waals surface area contributed by atoms with Gasteiger partial charge in [0.1, 0.15) is 85.3 Å². The third-order valence-corrected chi connectivity index (χ3v) is 16.2. The largest absolute Gasteiger partial charge is 0.394 e. The Hall–Kier alpha value is -7.06. The lowest BCUT2D eigenvalue weighted by molar-refractivity contribution is -0.314. The molecule has 1 saturated carbocycles. The monoisotopic (exact) mass is 1400 g/mol. The number of guanidine groups is 5. The zero-order valence-corrected chi connectivity index (χ0v) is 53.8. The van der Waals surface area contributed by atoms with E-state index in [0.29, 0.717) is 0 Å². The minimum atomic E-state index is -2.15. The standard InChI is InChI=1S/C53H105N25O19/c54-20(6-1-11-69-49(59)60)41(87)74-17-27-33(82)35(84)30(77-44(90)23(57)9-4-14-72-52(65)66)46(92-27)96-39-29(19-80)94-48(37(39)86)97-40-32(81)25(75-42(88)21(55)7-2-12-70-50(61)62)16-26(76-43(89)22(56)8-3-13-71-51(63)64)38(40)95-47-31(36(85)34(83)28(18-79)93-47)78-45(91)24(58)10-5-15-73-53(67)68/h20-40,46-48,79-86H,1-19,54-58H2,(H,74,87)(H,75,88)(H,76,89)(H,77,90)(H,78,91)(H4,59,60,69)(H4,61,62,70)(H4,63,64,71)(H4,65,66,72)(H4,67,68,73)/t20-,21-,22-,23-,24-,25+,26-,27-,28+,29+,30+,31+,32-,33+,34+,35+,36+,37+,38+,39+,40+,46?,47+,48-/m0/s1. The molecular formula is C53H105N25O19. The lowest BCUT2D eigenvalue weighted by Crippen LogP contribution is -2.71. The van der Waals surface area contributed by atoms with Crippen LogP contribution in [0.25, 0.3) is 0 Å². The first-order chi connectivity index (χ1) is 45.8. The molecule has 0 aromatic rings. The number of carbonyl (C=O) groups excluding carboxylic acids is 5. The molecule has 4 fully saturated rings. The second kappa shape index (κ2) is 40.7. The highest BCUT2D eigenvalue weighted by atomic mass is 16.8. The van der Waals surface area contributed by atoms with Crippen molar-refractivity contribution in [1.29, 1.82) is 0 Å². The highest BCUT2D eigenvalue weighted by molar-refractivity contribution is 5.84. The summed E-state index contributed by atoms with van der Waals surface area (Å²) in [7, 11) is 0. The van der Waals surface area contributed by atoms with Crippen LogP contribution < -0.4 is 113 Å². The molecular weight excluding hydrogens is 1290 g/mol. The fraction of sp³-hybridized carbons (Fsp3) is 0.811. The van der Waals surface area contributed by atoms with Crippen LogP contribution in [0.5, 0.6) is 0 Å². The average Bonchev–Trinajstić information content (AvgIpc) is 1.72. The van der Waals surface area contributed by atoms with Gasteiger partial charge < -0.3 is 182 Å². The number of aliphatic imine (C=N–C) groups is 5. The van der Waals surface area contributed by atoms with Crippen molar-refractivity contribution in [3.05, 3.63) is 0 Å². The average molecular weight is 1400 g/mol. The molecule has 556 valence electrons. The summed E-state index contributed by atoms with van der Waals surface area (Å²) in [6.07, 6.45) is -28.2. The van der Waals surface area contributed by atoms with Crippen LogP contribution >= 0.6 is 0 Å². The molecule has 3 saturated heterocycles. The summed E-state index contributed by atoms with van der Waals surface area (Å²) in [5.41, 5.74) is 85.7. The van der Waals surface area contributed by atoms with Crippen molar-refractivity contribution >= 4 is 59.3 Å². The van der Waals surface area contributed by atoms with Gasteiger partial charge in [-0.3, -0.25) is 48.9 Å². The van der Waals surface area contributed by atoms with Crippen LogP contribution in [-0.4, -0.2) is 299 Å². The second-order valence-electron chi connectivity index (χ2n) is 23.8. The SMILES string of the molecule is NC(N)=NCCC[C@H](N)C(=O)NC[C@@H]1OC(O[C@H]2[C@@H](O)[C@H](O[C@@H]3[C@@H](O)[C@H](NC(=O)[C@@H](N)CCCN=C(N)N)C[C@H](NC(=O)[C@@H](N)CCCN=C(N)N)[C@H]3O[C@H]3O[C@H](CO)[C@@H](O)[C@H](O)[C@H]3NC(=O)[C@@H](N)CCCN=C(N)N)O[C@@H]2CO)[C@H](NC(=O)[C@@H](N)CCCN=C(N)N)[C@@H](O)[C@@H]1O. The molecule has 3 heterocycles. The van der Waals surface area contributed by atoms with Crippen molar-refractivity contribution in [1.82, 2.24) is 26.6 Å². The molecule has 97 heavy (non-hydrogen) atoms. The van der Waals surface area contributed by atoms with E-state index < -0.39 is 202 Å². The van der Waals surface area contributed by atoms with Crippen LogP contribution in [0.1, 0.15) is 70.6 Å². The van der Waals surface area contributed by atoms with Crippen LogP contribution in [0.15, 0.2) is 25.0 Å².